The Labute approximate surface area is 166 Å². The van der Waals surface area contributed by atoms with Crippen molar-refractivity contribution in [2.45, 2.75) is 6.92 Å². The summed E-state index contributed by atoms with van der Waals surface area (Å²) >= 11 is 0. The number of benzene rings is 2. The molecule has 1 amide bonds. The van der Waals surface area contributed by atoms with Gasteiger partial charge in [-0.1, -0.05) is 29.4 Å². The quantitative estimate of drug-likeness (QED) is 0.532. The van der Waals surface area contributed by atoms with Crippen LogP contribution in [-0.4, -0.2) is 52.1 Å². The summed E-state index contributed by atoms with van der Waals surface area (Å²) in [6, 6.07) is 15.6. The minimum Gasteiger partial charge on any atom is -0.423 e. The van der Waals surface area contributed by atoms with Gasteiger partial charge in [0.2, 0.25) is 11.7 Å². The van der Waals surface area contributed by atoms with E-state index in [-0.39, 0.29) is 5.91 Å². The van der Waals surface area contributed by atoms with Crippen molar-refractivity contribution in [2.75, 3.05) is 31.1 Å². The summed E-state index contributed by atoms with van der Waals surface area (Å²) < 4.78 is 10.9. The van der Waals surface area contributed by atoms with Gasteiger partial charge in [0.05, 0.1) is 0 Å². The molecule has 0 unspecified atom stereocenters. The van der Waals surface area contributed by atoms with Gasteiger partial charge in [-0.05, 0) is 24.3 Å². The zero-order valence-electron chi connectivity index (χ0n) is 15.9. The molecule has 1 fully saturated rings. The molecule has 4 aromatic rings. The Hall–Kier alpha value is -3.68. The Morgan fingerprint density at radius 2 is 1.83 bits per heavy atom. The first-order chi connectivity index (χ1) is 14.2. The topological polar surface area (TPSA) is 88.5 Å². The first-order valence-electron chi connectivity index (χ1n) is 9.48. The number of hydrogen-bond acceptors (Lipinski definition) is 7. The number of rotatable bonds is 3. The largest absolute Gasteiger partial charge is 0.423 e. The molecule has 0 saturated carbocycles. The van der Waals surface area contributed by atoms with Crippen LogP contribution < -0.4 is 4.90 Å². The number of hydrogen-bond donors (Lipinski definition) is 0. The molecule has 1 aliphatic heterocycles. The van der Waals surface area contributed by atoms with Gasteiger partial charge in [0.15, 0.2) is 5.58 Å². The number of aryl methyl sites for hydroxylation is 1. The van der Waals surface area contributed by atoms with Crippen molar-refractivity contribution >= 4 is 23.0 Å². The number of aromatic nitrogens is 3. The maximum absolute atomic E-state index is 13.0. The van der Waals surface area contributed by atoms with Gasteiger partial charge in [-0.25, -0.2) is 0 Å². The Balaban J connectivity index is 1.29. The molecule has 3 heterocycles. The second kappa shape index (κ2) is 7.05. The summed E-state index contributed by atoms with van der Waals surface area (Å²) in [4.78, 5) is 25.7. The molecule has 1 saturated heterocycles. The van der Waals surface area contributed by atoms with Crippen molar-refractivity contribution in [3.8, 4) is 11.4 Å². The molecule has 2 aromatic carbocycles. The molecule has 0 radical (unpaired) electrons. The number of amides is 1. The fourth-order valence-corrected chi connectivity index (χ4v) is 3.49. The molecule has 0 aliphatic carbocycles. The molecular weight excluding hydrogens is 370 g/mol. The van der Waals surface area contributed by atoms with Gasteiger partial charge in [-0.15, -0.1) is 0 Å². The molecule has 146 valence electrons. The van der Waals surface area contributed by atoms with Gasteiger partial charge in [0.25, 0.3) is 11.9 Å². The third-order valence-corrected chi connectivity index (χ3v) is 5.02. The molecule has 0 N–H and O–H groups in total. The minimum absolute atomic E-state index is 0.00992. The van der Waals surface area contributed by atoms with E-state index in [1.54, 1.807) is 13.0 Å². The average Bonchev–Trinajstić information content (AvgIpc) is 3.40. The molecule has 5 rings (SSSR count). The number of nitrogens with zero attached hydrogens (tertiary/aromatic N) is 5. The molecule has 0 spiro atoms. The minimum atomic E-state index is -0.00992. The molecule has 29 heavy (non-hydrogen) atoms. The predicted molar refractivity (Wildman–Crippen MR) is 107 cm³/mol. The Kier molecular flexibility index (Phi) is 4.23. The smallest absolute Gasteiger partial charge is 0.298 e. The van der Waals surface area contributed by atoms with Crippen LogP contribution >= 0.6 is 0 Å². The lowest BCUT2D eigenvalue weighted by Crippen LogP contribution is -2.48. The van der Waals surface area contributed by atoms with Crippen LogP contribution in [0, 0.1) is 6.92 Å². The van der Waals surface area contributed by atoms with Crippen LogP contribution in [0.3, 0.4) is 0 Å². The summed E-state index contributed by atoms with van der Waals surface area (Å²) in [5.41, 5.74) is 2.99. The van der Waals surface area contributed by atoms with E-state index in [4.69, 9.17) is 8.94 Å². The molecule has 0 bridgehead atoms. The van der Waals surface area contributed by atoms with Crippen molar-refractivity contribution < 1.29 is 13.7 Å². The zero-order valence-corrected chi connectivity index (χ0v) is 15.9. The van der Waals surface area contributed by atoms with Crippen LogP contribution in [0.2, 0.25) is 0 Å². The maximum Gasteiger partial charge on any atom is 0.298 e. The van der Waals surface area contributed by atoms with Crippen molar-refractivity contribution in [3.63, 3.8) is 0 Å². The van der Waals surface area contributed by atoms with Crippen LogP contribution in [0.15, 0.2) is 57.5 Å². The number of carbonyl (C=O) groups excluding carboxylic acids is 1. The highest BCUT2D eigenvalue weighted by molar-refractivity contribution is 5.95. The van der Waals surface area contributed by atoms with Crippen molar-refractivity contribution in [3.05, 3.63) is 60.0 Å². The van der Waals surface area contributed by atoms with Crippen molar-refractivity contribution in [1.29, 1.82) is 0 Å². The van der Waals surface area contributed by atoms with Crippen LogP contribution in [0.25, 0.3) is 22.5 Å². The second-order valence-electron chi connectivity index (χ2n) is 6.96. The Morgan fingerprint density at radius 3 is 2.59 bits per heavy atom. The summed E-state index contributed by atoms with van der Waals surface area (Å²) in [5.74, 6) is 0.967. The van der Waals surface area contributed by atoms with E-state index in [0.717, 1.165) is 16.7 Å². The molecule has 1 aliphatic rings. The average molecular weight is 389 g/mol. The highest BCUT2D eigenvalue weighted by Gasteiger charge is 2.25. The normalized spacial score (nSPS) is 14.5. The molecule has 2 aromatic heterocycles. The van der Waals surface area contributed by atoms with E-state index in [1.807, 2.05) is 47.4 Å². The number of para-hydroxylation sites is 2. The van der Waals surface area contributed by atoms with E-state index in [2.05, 4.69) is 20.0 Å². The maximum atomic E-state index is 13.0. The fourth-order valence-electron chi connectivity index (χ4n) is 3.49. The zero-order chi connectivity index (χ0) is 19.8. The first kappa shape index (κ1) is 17.4. The molecule has 8 heteroatoms. The van der Waals surface area contributed by atoms with E-state index >= 15 is 0 Å². The van der Waals surface area contributed by atoms with Gasteiger partial charge in [-0.3, -0.25) is 4.79 Å². The lowest BCUT2D eigenvalue weighted by Gasteiger charge is -2.33. The van der Waals surface area contributed by atoms with Gasteiger partial charge in [-0.2, -0.15) is 9.97 Å². The third kappa shape index (κ3) is 3.33. The van der Waals surface area contributed by atoms with Crippen LogP contribution in [0.1, 0.15) is 16.2 Å². The van der Waals surface area contributed by atoms with Crippen molar-refractivity contribution in [1.82, 2.24) is 20.0 Å². The summed E-state index contributed by atoms with van der Waals surface area (Å²) in [7, 11) is 0. The third-order valence-electron chi connectivity index (χ3n) is 5.02. The van der Waals surface area contributed by atoms with Gasteiger partial charge in [0, 0.05) is 44.2 Å². The molecule has 8 nitrogen and oxygen atoms in total. The fraction of sp³-hybridized carbons (Fsp3) is 0.238. The number of piperazine rings is 1. The summed E-state index contributed by atoms with van der Waals surface area (Å²) in [6.45, 7) is 4.28. The first-order valence-corrected chi connectivity index (χ1v) is 9.48. The van der Waals surface area contributed by atoms with Crippen LogP contribution in [0.4, 0.5) is 6.01 Å². The Bertz CT molecular complexity index is 1140. The van der Waals surface area contributed by atoms with Crippen LogP contribution in [-0.2, 0) is 0 Å². The second-order valence-corrected chi connectivity index (χ2v) is 6.96. The van der Waals surface area contributed by atoms with E-state index in [9.17, 15) is 4.79 Å². The van der Waals surface area contributed by atoms with E-state index in [1.165, 1.54) is 0 Å². The number of carbonyl (C=O) groups is 1. The number of anilines is 1. The van der Waals surface area contributed by atoms with E-state index in [0.29, 0.717) is 49.5 Å². The lowest BCUT2D eigenvalue weighted by molar-refractivity contribution is 0.0745. The van der Waals surface area contributed by atoms with Crippen LogP contribution in [0.5, 0.6) is 0 Å². The molecular formula is C21H19N5O3. The predicted octanol–water partition coefficient (Wildman–Crippen LogP) is 3.15. The van der Waals surface area contributed by atoms with Gasteiger partial charge >= 0.3 is 0 Å². The highest BCUT2D eigenvalue weighted by Crippen LogP contribution is 2.23. The SMILES string of the molecule is Cc1nc(-c2cccc(C(=O)N3CCN(c4nc5ccccc5o4)CC3)c2)no1. The number of oxazole rings is 1. The summed E-state index contributed by atoms with van der Waals surface area (Å²) in [5, 5.41) is 3.93. The number of fused-ring (bicyclic) bond motifs is 1. The molecule has 0 atom stereocenters. The standard InChI is InChI=1S/C21H19N5O3/c1-14-22-19(24-29-14)15-5-4-6-16(13-15)20(27)25-9-11-26(12-10-25)21-23-17-7-2-3-8-18(17)28-21/h2-8,13H,9-12H2,1H3. The van der Waals surface area contributed by atoms with Gasteiger partial charge < -0.3 is 18.7 Å². The highest BCUT2D eigenvalue weighted by atomic mass is 16.5. The van der Waals surface area contributed by atoms with E-state index < -0.39 is 0 Å². The lowest BCUT2D eigenvalue weighted by atomic mass is 10.1. The van der Waals surface area contributed by atoms with Gasteiger partial charge in [0.1, 0.15) is 5.52 Å². The summed E-state index contributed by atoms with van der Waals surface area (Å²) in [6.07, 6.45) is 0. The Morgan fingerprint density at radius 1 is 1.00 bits per heavy atom. The monoisotopic (exact) mass is 389 g/mol. The van der Waals surface area contributed by atoms with Crippen molar-refractivity contribution in [2.24, 2.45) is 0 Å².